The number of fused-ring (bicyclic) bond motifs is 1. The average Bonchev–Trinajstić information content (AvgIpc) is 3.46. The number of ether oxygens (including phenoxy) is 1. The number of carbonyl (C=O) groups is 1. The molecule has 0 aliphatic carbocycles. The second-order valence-electron chi connectivity index (χ2n) is 7.25. The lowest BCUT2D eigenvalue weighted by atomic mass is 10.1. The van der Waals surface area contributed by atoms with Crippen LogP contribution in [0.1, 0.15) is 21.7 Å². The van der Waals surface area contributed by atoms with Crippen LogP contribution in [0, 0.1) is 0 Å². The minimum Gasteiger partial charge on any atom is -0.497 e. The highest BCUT2D eigenvalue weighted by molar-refractivity contribution is 6.30. The highest BCUT2D eigenvalue weighted by Gasteiger charge is 2.21. The molecule has 0 amide bonds. The summed E-state index contributed by atoms with van der Waals surface area (Å²) in [5.41, 5.74) is 2.52. The highest BCUT2D eigenvalue weighted by atomic mass is 35.5. The molecule has 0 spiro atoms. The first-order chi connectivity index (χ1) is 15.6. The molecule has 0 unspecified atom stereocenters. The van der Waals surface area contributed by atoms with Crippen LogP contribution in [0.2, 0.25) is 5.02 Å². The van der Waals surface area contributed by atoms with E-state index in [1.165, 1.54) is 0 Å². The van der Waals surface area contributed by atoms with Crippen molar-refractivity contribution >= 4 is 28.3 Å². The first-order valence-electron chi connectivity index (χ1n) is 9.95. The molecule has 0 atom stereocenters. The third-order valence-corrected chi connectivity index (χ3v) is 5.47. The van der Waals surface area contributed by atoms with Crippen LogP contribution < -0.4 is 4.74 Å². The zero-order valence-corrected chi connectivity index (χ0v) is 17.9. The Morgan fingerprint density at radius 3 is 2.59 bits per heavy atom. The Labute approximate surface area is 189 Å². The fourth-order valence-corrected chi connectivity index (χ4v) is 3.77. The second-order valence-corrected chi connectivity index (χ2v) is 7.68. The SMILES string of the molecule is COc1ccc2c(c1)c(C(=O)c1ccc(-c3ncccn3)o1)cn2Cc1ccc(Cl)cc1. The van der Waals surface area contributed by atoms with Crippen LogP contribution >= 0.6 is 11.6 Å². The molecule has 5 rings (SSSR count). The largest absolute Gasteiger partial charge is 0.497 e. The van der Waals surface area contributed by atoms with E-state index in [9.17, 15) is 4.79 Å². The van der Waals surface area contributed by atoms with Crippen LogP contribution in [-0.4, -0.2) is 27.4 Å². The predicted octanol–water partition coefficient (Wildman–Crippen LogP) is 5.63. The summed E-state index contributed by atoms with van der Waals surface area (Å²) in [6, 6.07) is 18.4. The zero-order valence-electron chi connectivity index (χ0n) is 17.2. The van der Waals surface area contributed by atoms with E-state index in [1.807, 2.05) is 53.2 Å². The maximum Gasteiger partial charge on any atom is 0.230 e. The third kappa shape index (κ3) is 3.76. The molecular weight excluding hydrogens is 426 g/mol. The van der Waals surface area contributed by atoms with Gasteiger partial charge >= 0.3 is 0 Å². The van der Waals surface area contributed by atoms with Crippen molar-refractivity contribution in [3.63, 3.8) is 0 Å². The van der Waals surface area contributed by atoms with Crippen LogP contribution in [0.5, 0.6) is 5.75 Å². The molecule has 0 saturated heterocycles. The molecule has 0 fully saturated rings. The van der Waals surface area contributed by atoms with Crippen molar-refractivity contribution in [2.45, 2.75) is 6.54 Å². The van der Waals surface area contributed by atoms with Crippen molar-refractivity contribution in [3.8, 4) is 17.3 Å². The summed E-state index contributed by atoms with van der Waals surface area (Å²) in [6.07, 6.45) is 5.11. The molecule has 0 N–H and O–H groups in total. The number of hydrogen-bond donors (Lipinski definition) is 0. The summed E-state index contributed by atoms with van der Waals surface area (Å²) < 4.78 is 13.2. The topological polar surface area (TPSA) is 70.2 Å². The lowest BCUT2D eigenvalue weighted by Gasteiger charge is -2.06. The second kappa shape index (κ2) is 8.32. The van der Waals surface area contributed by atoms with Crippen LogP contribution in [0.25, 0.3) is 22.5 Å². The molecule has 0 saturated carbocycles. The normalized spacial score (nSPS) is 11.1. The number of benzene rings is 2. The quantitative estimate of drug-likeness (QED) is 0.318. The maximum absolute atomic E-state index is 13.4. The summed E-state index contributed by atoms with van der Waals surface area (Å²) in [6.45, 7) is 0.592. The van der Waals surface area contributed by atoms with Gasteiger partial charge in [0.25, 0.3) is 0 Å². The Balaban J connectivity index is 1.56. The Morgan fingerprint density at radius 1 is 1.06 bits per heavy atom. The summed E-state index contributed by atoms with van der Waals surface area (Å²) in [5.74, 6) is 1.55. The van der Waals surface area contributed by atoms with Crippen molar-refractivity contribution in [1.82, 2.24) is 14.5 Å². The lowest BCUT2D eigenvalue weighted by Crippen LogP contribution is -2.00. The molecule has 0 radical (unpaired) electrons. The molecule has 7 heteroatoms. The summed E-state index contributed by atoms with van der Waals surface area (Å²) in [7, 11) is 1.60. The van der Waals surface area contributed by atoms with E-state index >= 15 is 0 Å². The molecule has 158 valence electrons. The minimum absolute atomic E-state index is 0.222. The van der Waals surface area contributed by atoms with Gasteiger partial charge in [-0.3, -0.25) is 4.79 Å². The smallest absolute Gasteiger partial charge is 0.230 e. The fraction of sp³-hybridized carbons (Fsp3) is 0.0800. The molecule has 0 aliphatic heterocycles. The van der Waals surface area contributed by atoms with Gasteiger partial charge in [-0.1, -0.05) is 23.7 Å². The first-order valence-corrected chi connectivity index (χ1v) is 10.3. The van der Waals surface area contributed by atoms with E-state index in [4.69, 9.17) is 20.8 Å². The number of aromatic nitrogens is 3. The van der Waals surface area contributed by atoms with Gasteiger partial charge in [-0.2, -0.15) is 0 Å². The molecule has 3 aromatic heterocycles. The lowest BCUT2D eigenvalue weighted by molar-refractivity contribution is 0.101. The number of halogens is 1. The summed E-state index contributed by atoms with van der Waals surface area (Å²) in [4.78, 5) is 21.8. The molecule has 5 aromatic rings. The maximum atomic E-state index is 13.4. The van der Waals surface area contributed by atoms with Crippen LogP contribution in [0.15, 0.2) is 83.7 Å². The van der Waals surface area contributed by atoms with Crippen molar-refractivity contribution in [2.75, 3.05) is 7.11 Å². The first kappa shape index (κ1) is 20.0. The van der Waals surface area contributed by atoms with Gasteiger partial charge in [0.05, 0.1) is 12.7 Å². The van der Waals surface area contributed by atoms with Crippen LogP contribution in [0.3, 0.4) is 0 Å². The molecule has 3 heterocycles. The molecular formula is C25H18ClN3O3. The summed E-state index contributed by atoms with van der Waals surface area (Å²) >= 11 is 6.02. The van der Waals surface area contributed by atoms with E-state index in [0.29, 0.717) is 34.5 Å². The van der Waals surface area contributed by atoms with Gasteiger partial charge in [0.1, 0.15) is 5.75 Å². The molecule has 0 bridgehead atoms. The molecule has 2 aromatic carbocycles. The van der Waals surface area contributed by atoms with Gasteiger partial charge in [0.2, 0.25) is 5.78 Å². The van der Waals surface area contributed by atoms with Gasteiger partial charge in [-0.05, 0) is 54.1 Å². The highest BCUT2D eigenvalue weighted by Crippen LogP contribution is 2.30. The molecule has 32 heavy (non-hydrogen) atoms. The fourth-order valence-electron chi connectivity index (χ4n) is 3.64. The summed E-state index contributed by atoms with van der Waals surface area (Å²) in [5, 5.41) is 1.47. The van der Waals surface area contributed by atoms with E-state index in [2.05, 4.69) is 9.97 Å². The number of carbonyl (C=O) groups excluding carboxylic acids is 1. The molecule has 0 aliphatic rings. The van der Waals surface area contributed by atoms with Crippen molar-refractivity contribution in [1.29, 1.82) is 0 Å². The van der Waals surface area contributed by atoms with E-state index < -0.39 is 0 Å². The van der Waals surface area contributed by atoms with Gasteiger partial charge < -0.3 is 13.7 Å². The third-order valence-electron chi connectivity index (χ3n) is 5.22. The van der Waals surface area contributed by atoms with E-state index in [-0.39, 0.29) is 11.5 Å². The number of hydrogen-bond acceptors (Lipinski definition) is 5. The van der Waals surface area contributed by atoms with Crippen molar-refractivity contribution < 1.29 is 13.9 Å². The van der Waals surface area contributed by atoms with Crippen LogP contribution in [-0.2, 0) is 6.54 Å². The van der Waals surface area contributed by atoms with Gasteiger partial charge in [-0.25, -0.2) is 9.97 Å². The minimum atomic E-state index is -0.222. The van der Waals surface area contributed by atoms with Gasteiger partial charge in [0.15, 0.2) is 17.3 Å². The monoisotopic (exact) mass is 443 g/mol. The number of rotatable bonds is 6. The van der Waals surface area contributed by atoms with E-state index in [0.717, 1.165) is 16.5 Å². The van der Waals surface area contributed by atoms with Gasteiger partial charge in [0, 0.05) is 41.1 Å². The van der Waals surface area contributed by atoms with Crippen molar-refractivity contribution in [2.24, 2.45) is 0 Å². The number of nitrogens with zero attached hydrogens (tertiary/aromatic N) is 3. The standard InChI is InChI=1S/C25H18ClN3O3/c1-31-18-7-8-21-19(13-18)20(15-29(21)14-16-3-5-17(26)6-4-16)24(30)22-9-10-23(32-22)25-27-11-2-12-28-25/h2-13,15H,14H2,1H3. The van der Waals surface area contributed by atoms with Crippen molar-refractivity contribution in [3.05, 3.63) is 101 Å². The Hall–Kier alpha value is -3.90. The Kier molecular flexibility index (Phi) is 5.21. The Bertz CT molecular complexity index is 1410. The Morgan fingerprint density at radius 2 is 1.84 bits per heavy atom. The van der Waals surface area contributed by atoms with E-state index in [1.54, 1.807) is 37.7 Å². The zero-order chi connectivity index (χ0) is 22.1. The molecule has 6 nitrogen and oxygen atoms in total. The van der Waals surface area contributed by atoms with Gasteiger partial charge in [-0.15, -0.1) is 0 Å². The average molecular weight is 444 g/mol. The number of methoxy groups -OCH3 is 1. The number of ketones is 1. The number of furan rings is 1. The predicted molar refractivity (Wildman–Crippen MR) is 122 cm³/mol. The van der Waals surface area contributed by atoms with Crippen LogP contribution in [0.4, 0.5) is 0 Å².